The Hall–Kier alpha value is -0.610. The zero-order chi connectivity index (χ0) is 8.48. The number of carboxylic acids is 1. The van der Waals surface area contributed by atoms with Crippen LogP contribution in [0.4, 0.5) is 0 Å². The second kappa shape index (κ2) is 2.79. The normalized spacial score (nSPS) is 37.5. The van der Waals surface area contributed by atoms with Crippen molar-refractivity contribution in [3.05, 3.63) is 0 Å². The zero-order valence-corrected chi connectivity index (χ0v) is 6.50. The topological polar surface area (TPSA) is 69.6 Å². The van der Waals surface area contributed by atoms with Gasteiger partial charge in [-0.05, 0) is 6.42 Å². The highest BCUT2D eigenvalue weighted by Gasteiger charge is 2.38. The quantitative estimate of drug-likeness (QED) is 0.511. The van der Waals surface area contributed by atoms with Crippen molar-refractivity contribution in [2.24, 2.45) is 0 Å². The van der Waals surface area contributed by atoms with Crippen molar-refractivity contribution >= 4 is 5.97 Å². The van der Waals surface area contributed by atoms with E-state index < -0.39 is 17.6 Å². The van der Waals surface area contributed by atoms with Crippen LogP contribution in [-0.4, -0.2) is 34.4 Å². The van der Waals surface area contributed by atoms with E-state index in [-0.39, 0.29) is 0 Å². The number of carbonyl (C=O) groups is 1. The fraction of sp³-hybridized carbons (Fsp3) is 0.857. The van der Waals surface area contributed by atoms with E-state index in [0.717, 1.165) is 0 Å². The largest absolute Gasteiger partial charge is 0.480 e. The van der Waals surface area contributed by atoms with Crippen LogP contribution in [0.15, 0.2) is 0 Å². The molecule has 64 valence electrons. The average Bonchev–Trinajstić information content (AvgIpc) is 2.33. The lowest BCUT2D eigenvalue weighted by atomic mass is 9.97. The van der Waals surface area contributed by atoms with Gasteiger partial charge < -0.3 is 15.5 Å². The first-order chi connectivity index (χ1) is 5.07. The summed E-state index contributed by atoms with van der Waals surface area (Å²) in [5.74, 6) is -0.880. The van der Waals surface area contributed by atoms with Crippen LogP contribution in [0.2, 0.25) is 0 Å². The van der Waals surface area contributed by atoms with Crippen LogP contribution >= 0.6 is 0 Å². The zero-order valence-electron chi connectivity index (χ0n) is 6.50. The summed E-state index contributed by atoms with van der Waals surface area (Å²) in [6, 6.07) is -0.569. The summed E-state index contributed by atoms with van der Waals surface area (Å²) >= 11 is 0. The fourth-order valence-electron chi connectivity index (χ4n) is 1.28. The number of aliphatic carboxylic acids is 1. The Bertz CT molecular complexity index is 171. The highest BCUT2D eigenvalue weighted by atomic mass is 16.4. The number of hydrogen-bond donors (Lipinski definition) is 3. The average molecular weight is 159 g/mol. The van der Waals surface area contributed by atoms with E-state index in [9.17, 15) is 9.90 Å². The van der Waals surface area contributed by atoms with Gasteiger partial charge in [0.05, 0.1) is 5.60 Å². The molecule has 4 nitrogen and oxygen atoms in total. The molecule has 0 radical (unpaired) electrons. The van der Waals surface area contributed by atoms with Crippen molar-refractivity contribution in [1.29, 1.82) is 0 Å². The van der Waals surface area contributed by atoms with Gasteiger partial charge in [-0.3, -0.25) is 4.79 Å². The van der Waals surface area contributed by atoms with Crippen molar-refractivity contribution in [2.45, 2.75) is 31.4 Å². The highest BCUT2D eigenvalue weighted by Crippen LogP contribution is 2.22. The Morgan fingerprint density at radius 1 is 1.82 bits per heavy atom. The third-order valence-electron chi connectivity index (χ3n) is 2.22. The Labute approximate surface area is 65.2 Å². The molecule has 0 aliphatic carbocycles. The summed E-state index contributed by atoms with van der Waals surface area (Å²) in [5, 5.41) is 20.9. The maximum absolute atomic E-state index is 10.4. The molecule has 0 amide bonds. The Kier molecular flexibility index (Phi) is 2.15. The molecule has 0 spiro atoms. The molecule has 1 fully saturated rings. The fourth-order valence-corrected chi connectivity index (χ4v) is 1.28. The number of aliphatic hydroxyl groups is 1. The molecule has 0 aromatic rings. The number of nitrogens with one attached hydrogen (secondary N) is 1. The second-order valence-corrected chi connectivity index (χ2v) is 3.05. The summed E-state index contributed by atoms with van der Waals surface area (Å²) in [7, 11) is 0. The molecule has 0 aromatic carbocycles. The van der Waals surface area contributed by atoms with Crippen LogP contribution in [0.1, 0.15) is 19.8 Å². The molecular weight excluding hydrogens is 146 g/mol. The predicted octanol–water partition coefficient (Wildman–Crippen LogP) is -0.426. The summed E-state index contributed by atoms with van der Waals surface area (Å²) in [6.45, 7) is 2.24. The Morgan fingerprint density at radius 3 is 2.73 bits per heavy atom. The van der Waals surface area contributed by atoms with E-state index in [1.165, 1.54) is 0 Å². The van der Waals surface area contributed by atoms with Gasteiger partial charge in [0.1, 0.15) is 6.04 Å². The van der Waals surface area contributed by atoms with Gasteiger partial charge in [0, 0.05) is 13.0 Å². The van der Waals surface area contributed by atoms with Gasteiger partial charge in [-0.15, -0.1) is 0 Å². The minimum Gasteiger partial charge on any atom is -0.480 e. The SMILES string of the molecule is CCC1(O)CN[C@H](C(=O)O)C1. The van der Waals surface area contributed by atoms with E-state index in [2.05, 4.69) is 5.32 Å². The summed E-state index contributed by atoms with van der Waals surface area (Å²) in [4.78, 5) is 10.4. The molecule has 1 rings (SSSR count). The van der Waals surface area contributed by atoms with Gasteiger partial charge in [-0.2, -0.15) is 0 Å². The molecule has 11 heavy (non-hydrogen) atoms. The molecule has 1 aliphatic rings. The molecule has 1 heterocycles. The van der Waals surface area contributed by atoms with Gasteiger partial charge in [-0.1, -0.05) is 6.92 Å². The maximum Gasteiger partial charge on any atom is 0.320 e. The smallest absolute Gasteiger partial charge is 0.320 e. The number of β-amino-alcohol motifs (C(OH)–C–C–N with tert-alkyl or cyclic N) is 1. The molecule has 4 heteroatoms. The molecule has 1 saturated heterocycles. The number of hydrogen-bond acceptors (Lipinski definition) is 3. The first-order valence-electron chi connectivity index (χ1n) is 3.76. The van der Waals surface area contributed by atoms with Crippen LogP contribution in [-0.2, 0) is 4.79 Å². The monoisotopic (exact) mass is 159 g/mol. The van der Waals surface area contributed by atoms with Crippen molar-refractivity contribution in [1.82, 2.24) is 5.32 Å². The lowest BCUT2D eigenvalue weighted by Crippen LogP contribution is -2.30. The van der Waals surface area contributed by atoms with Crippen LogP contribution in [0, 0.1) is 0 Å². The van der Waals surface area contributed by atoms with Gasteiger partial charge in [-0.25, -0.2) is 0 Å². The predicted molar refractivity (Wildman–Crippen MR) is 39.3 cm³/mol. The molecular formula is C7H13NO3. The van der Waals surface area contributed by atoms with Crippen LogP contribution < -0.4 is 5.32 Å². The van der Waals surface area contributed by atoms with Crippen LogP contribution in [0.25, 0.3) is 0 Å². The standard InChI is InChI=1S/C7H13NO3/c1-2-7(11)3-5(6(9)10)8-4-7/h5,8,11H,2-4H2,1H3,(H,9,10)/t5-,7?/m0/s1. The maximum atomic E-state index is 10.4. The summed E-state index contributed by atoms with van der Waals surface area (Å²) < 4.78 is 0. The van der Waals surface area contributed by atoms with E-state index in [1.54, 1.807) is 0 Å². The highest BCUT2D eigenvalue weighted by molar-refractivity contribution is 5.74. The van der Waals surface area contributed by atoms with Crippen molar-refractivity contribution in [2.75, 3.05) is 6.54 Å². The minimum absolute atomic E-state index is 0.318. The van der Waals surface area contributed by atoms with E-state index in [0.29, 0.717) is 19.4 Å². The molecule has 1 aliphatic heterocycles. The van der Waals surface area contributed by atoms with Crippen molar-refractivity contribution in [3.63, 3.8) is 0 Å². The van der Waals surface area contributed by atoms with Crippen LogP contribution in [0.5, 0.6) is 0 Å². The number of carboxylic acid groups (broad SMARTS) is 1. The van der Waals surface area contributed by atoms with Gasteiger partial charge in [0.15, 0.2) is 0 Å². The lowest BCUT2D eigenvalue weighted by Gasteiger charge is -2.17. The molecule has 0 aromatic heterocycles. The summed E-state index contributed by atoms with van der Waals surface area (Å²) in [5.41, 5.74) is -0.803. The van der Waals surface area contributed by atoms with Crippen molar-refractivity contribution in [3.8, 4) is 0 Å². The third kappa shape index (κ3) is 1.70. The molecule has 2 atom stereocenters. The second-order valence-electron chi connectivity index (χ2n) is 3.05. The van der Waals surface area contributed by atoms with Crippen LogP contribution in [0.3, 0.4) is 0 Å². The lowest BCUT2D eigenvalue weighted by molar-refractivity contribution is -0.139. The third-order valence-corrected chi connectivity index (χ3v) is 2.22. The van der Waals surface area contributed by atoms with Gasteiger partial charge in [0.2, 0.25) is 0 Å². The Morgan fingerprint density at radius 2 is 2.45 bits per heavy atom. The molecule has 3 N–H and O–H groups in total. The first-order valence-corrected chi connectivity index (χ1v) is 3.76. The van der Waals surface area contributed by atoms with E-state index in [4.69, 9.17) is 5.11 Å². The molecule has 0 bridgehead atoms. The van der Waals surface area contributed by atoms with E-state index >= 15 is 0 Å². The number of rotatable bonds is 2. The minimum atomic E-state index is -0.880. The van der Waals surface area contributed by atoms with Crippen molar-refractivity contribution < 1.29 is 15.0 Å². The molecule has 0 saturated carbocycles. The van der Waals surface area contributed by atoms with Gasteiger partial charge in [0.25, 0.3) is 0 Å². The Balaban J connectivity index is 2.53. The first kappa shape index (κ1) is 8.49. The van der Waals surface area contributed by atoms with E-state index in [1.807, 2.05) is 6.92 Å². The molecule has 1 unspecified atom stereocenters. The summed E-state index contributed by atoms with van der Waals surface area (Å²) in [6.07, 6.45) is 0.919. The van der Waals surface area contributed by atoms with Gasteiger partial charge >= 0.3 is 5.97 Å².